The molecule has 0 saturated carbocycles. The lowest BCUT2D eigenvalue weighted by molar-refractivity contribution is 1.29. The summed E-state index contributed by atoms with van der Waals surface area (Å²) in [6, 6.07) is 0. The van der Waals surface area contributed by atoms with Crippen LogP contribution in [0.3, 0.4) is 0 Å². The van der Waals surface area contributed by atoms with Crippen LogP contribution < -0.4 is 4.67 Å². The Balaban J connectivity index is 3.21. The van der Waals surface area contributed by atoms with Gasteiger partial charge >= 0.3 is 0 Å². The fraction of sp³-hybridized carbons (Fsp3) is 0.667. The minimum Gasteiger partial charge on any atom is -0.111 e. The van der Waals surface area contributed by atoms with Crippen molar-refractivity contribution in [2.75, 3.05) is 0 Å². The van der Waals surface area contributed by atoms with Crippen molar-refractivity contribution in [2.45, 2.75) is 26.7 Å². The molecule has 0 atom stereocenters. The van der Waals surface area contributed by atoms with Crippen LogP contribution in [-0.2, 0) is 0 Å². The Hall–Kier alpha value is -0.550. The molecule has 1 heteroatoms. The molecule has 0 amide bonds. The van der Waals surface area contributed by atoms with Crippen LogP contribution in [-0.4, -0.2) is 12.4 Å². The SMILES string of the molecule is CCC=[N+]=CCC. The van der Waals surface area contributed by atoms with E-state index < -0.39 is 0 Å². The molecule has 0 saturated heterocycles. The maximum Gasteiger partial charge on any atom is 0.268 e. The van der Waals surface area contributed by atoms with Gasteiger partial charge in [0.05, 0.1) is 0 Å². The Morgan fingerprint density at radius 3 is 1.86 bits per heavy atom. The van der Waals surface area contributed by atoms with Crippen LogP contribution in [0.4, 0.5) is 0 Å². The number of hydrogen-bond donors (Lipinski definition) is 0. The third-order valence-corrected chi connectivity index (χ3v) is 0.576. The summed E-state index contributed by atoms with van der Waals surface area (Å²) in [7, 11) is 0. The van der Waals surface area contributed by atoms with Crippen molar-refractivity contribution in [3.63, 3.8) is 0 Å². The zero-order chi connectivity index (χ0) is 5.54. The Morgan fingerprint density at radius 1 is 1.14 bits per heavy atom. The predicted octanol–water partition coefficient (Wildman–Crippen LogP) is 1.02. The Kier molecular flexibility index (Phi) is 5.02. The van der Waals surface area contributed by atoms with Gasteiger partial charge in [0.15, 0.2) is 0 Å². The molecule has 0 spiro atoms. The highest BCUT2D eigenvalue weighted by atomic mass is 14.5. The second-order valence-corrected chi connectivity index (χ2v) is 1.33. The average Bonchev–Trinajstić information content (AvgIpc) is 1.69. The van der Waals surface area contributed by atoms with Crippen LogP contribution in [0.2, 0.25) is 0 Å². The van der Waals surface area contributed by atoms with E-state index in [0.29, 0.717) is 0 Å². The van der Waals surface area contributed by atoms with Gasteiger partial charge < -0.3 is 0 Å². The molecule has 0 unspecified atom stereocenters. The standard InChI is InChI=1S/C6H12N/c1-3-5-7-6-4-2/h5-6H,3-4H2,1-2H3/q+1. The van der Waals surface area contributed by atoms with Crippen molar-refractivity contribution in [1.82, 2.24) is 4.67 Å². The zero-order valence-corrected chi connectivity index (χ0v) is 5.02. The van der Waals surface area contributed by atoms with Crippen molar-refractivity contribution < 1.29 is 0 Å². The molecule has 0 rings (SSSR count). The first kappa shape index (κ1) is 6.45. The molecule has 0 aromatic carbocycles. The van der Waals surface area contributed by atoms with Gasteiger partial charge in [-0.3, -0.25) is 0 Å². The van der Waals surface area contributed by atoms with Gasteiger partial charge in [-0.05, 0) is 0 Å². The van der Waals surface area contributed by atoms with Crippen LogP contribution >= 0.6 is 0 Å². The molecule has 0 aliphatic heterocycles. The van der Waals surface area contributed by atoms with Crippen LogP contribution in [0.25, 0.3) is 0 Å². The van der Waals surface area contributed by atoms with E-state index >= 15 is 0 Å². The molecule has 0 fully saturated rings. The van der Waals surface area contributed by atoms with Crippen molar-refractivity contribution >= 4 is 12.4 Å². The van der Waals surface area contributed by atoms with Crippen LogP contribution in [0.5, 0.6) is 0 Å². The summed E-state index contributed by atoms with van der Waals surface area (Å²) >= 11 is 0. The van der Waals surface area contributed by atoms with E-state index in [1.165, 1.54) is 0 Å². The lowest BCUT2D eigenvalue weighted by Gasteiger charge is -1.54. The molecule has 0 bridgehead atoms. The molecule has 1 nitrogen and oxygen atoms in total. The van der Waals surface area contributed by atoms with Gasteiger partial charge in [0, 0.05) is 12.8 Å². The van der Waals surface area contributed by atoms with Gasteiger partial charge in [0.2, 0.25) is 0 Å². The molecule has 0 heterocycles. The molecule has 7 heavy (non-hydrogen) atoms. The third kappa shape index (κ3) is 5.45. The smallest absolute Gasteiger partial charge is 0.111 e. The summed E-state index contributed by atoms with van der Waals surface area (Å²) < 4.78 is 3.96. The lowest BCUT2D eigenvalue weighted by atomic mass is 10.5. The normalized spacial score (nSPS) is 7.14. The highest BCUT2D eigenvalue weighted by Crippen LogP contribution is 1.58. The summed E-state index contributed by atoms with van der Waals surface area (Å²) in [5, 5.41) is 0. The monoisotopic (exact) mass is 98.1 g/mol. The first-order valence-corrected chi connectivity index (χ1v) is 2.75. The first-order chi connectivity index (χ1) is 3.41. The summed E-state index contributed by atoms with van der Waals surface area (Å²) in [5.41, 5.74) is 0. The molecule has 0 radical (unpaired) electrons. The number of nitrogens with zero attached hydrogens (tertiary/aromatic N) is 1. The molecular formula is C6H12N+. The van der Waals surface area contributed by atoms with E-state index in [9.17, 15) is 0 Å². The largest absolute Gasteiger partial charge is 0.268 e. The minimum absolute atomic E-state index is 1.04. The van der Waals surface area contributed by atoms with Crippen molar-refractivity contribution in [1.29, 1.82) is 0 Å². The van der Waals surface area contributed by atoms with E-state index in [4.69, 9.17) is 0 Å². The Bertz CT molecular complexity index is 70.2. The van der Waals surface area contributed by atoms with Gasteiger partial charge in [-0.15, -0.1) is 4.67 Å². The fourth-order valence-electron chi connectivity index (χ4n) is 0.285. The predicted molar refractivity (Wildman–Crippen MR) is 34.8 cm³/mol. The fourth-order valence-corrected chi connectivity index (χ4v) is 0.285. The average molecular weight is 98.2 g/mol. The van der Waals surface area contributed by atoms with Crippen LogP contribution in [0.1, 0.15) is 26.7 Å². The lowest BCUT2D eigenvalue weighted by Crippen LogP contribution is -1.77. The number of hydrogen-bond acceptors (Lipinski definition) is 0. The third-order valence-electron chi connectivity index (χ3n) is 0.576. The maximum absolute atomic E-state index is 3.96. The molecule has 0 aromatic heterocycles. The highest BCUT2D eigenvalue weighted by molar-refractivity contribution is 5.65. The van der Waals surface area contributed by atoms with Gasteiger partial charge in [-0.2, -0.15) is 0 Å². The second-order valence-electron chi connectivity index (χ2n) is 1.33. The molecule has 40 valence electrons. The van der Waals surface area contributed by atoms with E-state index in [2.05, 4.69) is 18.5 Å². The Labute approximate surface area is 44.8 Å². The van der Waals surface area contributed by atoms with E-state index in [1.54, 1.807) is 0 Å². The van der Waals surface area contributed by atoms with E-state index in [0.717, 1.165) is 12.8 Å². The zero-order valence-electron chi connectivity index (χ0n) is 5.02. The van der Waals surface area contributed by atoms with E-state index in [1.807, 2.05) is 12.4 Å². The van der Waals surface area contributed by atoms with Crippen molar-refractivity contribution in [3.8, 4) is 0 Å². The highest BCUT2D eigenvalue weighted by Gasteiger charge is 1.72. The van der Waals surface area contributed by atoms with Gasteiger partial charge in [-0.25, -0.2) is 0 Å². The van der Waals surface area contributed by atoms with Gasteiger partial charge in [-0.1, -0.05) is 13.8 Å². The van der Waals surface area contributed by atoms with Crippen LogP contribution in [0.15, 0.2) is 0 Å². The maximum atomic E-state index is 3.96. The van der Waals surface area contributed by atoms with Gasteiger partial charge in [0.25, 0.3) is 12.4 Å². The topological polar surface area (TPSA) is 14.1 Å². The van der Waals surface area contributed by atoms with E-state index in [-0.39, 0.29) is 0 Å². The molecular weight excluding hydrogens is 86.1 g/mol. The molecule has 0 aromatic rings. The summed E-state index contributed by atoms with van der Waals surface area (Å²) in [5.74, 6) is 0. The van der Waals surface area contributed by atoms with Crippen LogP contribution in [0, 0.1) is 0 Å². The summed E-state index contributed by atoms with van der Waals surface area (Å²) in [6.07, 6.45) is 5.89. The number of rotatable bonds is 2. The molecule has 0 N–H and O–H groups in total. The molecule has 0 aliphatic rings. The Morgan fingerprint density at radius 2 is 1.57 bits per heavy atom. The van der Waals surface area contributed by atoms with Crippen molar-refractivity contribution in [3.05, 3.63) is 0 Å². The minimum atomic E-state index is 1.04. The quantitative estimate of drug-likeness (QED) is 0.361. The van der Waals surface area contributed by atoms with Gasteiger partial charge in [0.1, 0.15) is 0 Å². The molecule has 0 aliphatic carbocycles. The second kappa shape index (κ2) is 5.45. The first-order valence-electron chi connectivity index (χ1n) is 2.75. The van der Waals surface area contributed by atoms with Crippen molar-refractivity contribution in [2.24, 2.45) is 0 Å². The summed E-state index contributed by atoms with van der Waals surface area (Å²) in [4.78, 5) is 0. The summed E-state index contributed by atoms with van der Waals surface area (Å²) in [6.45, 7) is 4.15.